The zero-order chi connectivity index (χ0) is 34.1. The number of carbonyl (C=O) groups excluding carboxylic acids is 2. The molecular weight excluding hydrogens is 600 g/mol. The van der Waals surface area contributed by atoms with Gasteiger partial charge in [-0.3, -0.25) is 4.79 Å². The summed E-state index contributed by atoms with van der Waals surface area (Å²) in [4.78, 5) is 23.2. The first kappa shape index (κ1) is 38.9. The fourth-order valence-corrected chi connectivity index (χ4v) is 5.58. The predicted molar refractivity (Wildman–Crippen MR) is 188 cm³/mol. The maximum absolute atomic E-state index is 11.6. The van der Waals surface area contributed by atoms with Gasteiger partial charge in [0.1, 0.15) is 11.9 Å². The van der Waals surface area contributed by atoms with E-state index in [4.69, 9.17) is 25.8 Å². The number of halogens is 1. The Hall–Kier alpha value is -3.29. The van der Waals surface area contributed by atoms with E-state index in [0.29, 0.717) is 35.5 Å². The molecule has 1 aromatic heterocycles. The van der Waals surface area contributed by atoms with Gasteiger partial charge in [0.2, 0.25) is 5.91 Å². The molecule has 0 aliphatic carbocycles. The van der Waals surface area contributed by atoms with Gasteiger partial charge in [0.15, 0.2) is 11.5 Å². The lowest BCUT2D eigenvalue weighted by atomic mass is 9.92. The van der Waals surface area contributed by atoms with Crippen LogP contribution in [0.3, 0.4) is 0 Å². The third kappa shape index (κ3) is 11.8. The van der Waals surface area contributed by atoms with E-state index in [1.165, 1.54) is 44.9 Å². The third-order valence-corrected chi connectivity index (χ3v) is 8.34. The molecule has 2 aromatic carbocycles. The predicted octanol–water partition coefficient (Wildman–Crippen LogP) is 9.60. The van der Waals surface area contributed by atoms with E-state index in [2.05, 4.69) is 24.5 Å². The number of Topliss-reactive ketones (excluding diaryl/α,β-unsaturated/α-hetero) is 1. The number of ketones is 1. The summed E-state index contributed by atoms with van der Waals surface area (Å²) >= 11 is 6.30. The topological polar surface area (TPSA) is 70.0 Å². The van der Waals surface area contributed by atoms with Crippen molar-refractivity contribution in [2.45, 2.75) is 98.2 Å². The van der Waals surface area contributed by atoms with Crippen LogP contribution in [0, 0.1) is 5.92 Å². The zero-order valence-corrected chi connectivity index (χ0v) is 30.0. The van der Waals surface area contributed by atoms with Crippen LogP contribution in [0.4, 0.5) is 0 Å². The van der Waals surface area contributed by atoms with Gasteiger partial charge >= 0.3 is 0 Å². The molecule has 2 atom stereocenters. The fourth-order valence-electron chi connectivity index (χ4n) is 5.40. The second-order valence-electron chi connectivity index (χ2n) is 11.9. The highest BCUT2D eigenvalue weighted by molar-refractivity contribution is 6.30. The normalized spacial score (nSPS) is 13.8. The van der Waals surface area contributed by atoms with Crippen LogP contribution < -0.4 is 9.47 Å². The molecule has 0 fully saturated rings. The van der Waals surface area contributed by atoms with Crippen LogP contribution in [-0.4, -0.2) is 49.5 Å². The minimum atomic E-state index is -0.307. The molecule has 1 aliphatic heterocycles. The van der Waals surface area contributed by atoms with Gasteiger partial charge in [-0.1, -0.05) is 83.0 Å². The van der Waals surface area contributed by atoms with Crippen LogP contribution in [0.1, 0.15) is 108 Å². The lowest BCUT2D eigenvalue weighted by Gasteiger charge is -2.22. The van der Waals surface area contributed by atoms with Crippen molar-refractivity contribution in [3.05, 3.63) is 76.6 Å². The van der Waals surface area contributed by atoms with Gasteiger partial charge < -0.3 is 28.5 Å². The Bertz CT molecular complexity index is 1350. The van der Waals surface area contributed by atoms with Crippen LogP contribution in [0.25, 0.3) is 5.69 Å². The van der Waals surface area contributed by atoms with Gasteiger partial charge in [-0.25, -0.2) is 0 Å². The van der Waals surface area contributed by atoms with Gasteiger partial charge in [0, 0.05) is 55.0 Å². The maximum atomic E-state index is 11.6. The van der Waals surface area contributed by atoms with E-state index in [1.54, 1.807) is 26.0 Å². The highest BCUT2D eigenvalue weighted by Crippen LogP contribution is 2.43. The SMILES string of the molecule is CCC(C)=O.CCCCCCC(CCC)CC(=O)N(C)C.COc1cccc(C2OCc3cccn3-c3ccc(Cl)cc32)c1OC. The summed E-state index contributed by atoms with van der Waals surface area (Å²) in [6, 6.07) is 15.8. The minimum absolute atomic E-state index is 0.255. The Morgan fingerprint density at radius 3 is 2.30 bits per heavy atom. The molecule has 4 rings (SSSR count). The Morgan fingerprint density at radius 1 is 0.957 bits per heavy atom. The summed E-state index contributed by atoms with van der Waals surface area (Å²) in [6.45, 7) is 8.37. The van der Waals surface area contributed by atoms with Gasteiger partial charge in [-0.15, -0.1) is 0 Å². The monoisotopic (exact) mass is 654 g/mol. The molecule has 0 saturated heterocycles. The Balaban J connectivity index is 0.000000303. The summed E-state index contributed by atoms with van der Waals surface area (Å²) in [5.74, 6) is 2.50. The van der Waals surface area contributed by atoms with Crippen molar-refractivity contribution in [2.24, 2.45) is 5.92 Å². The molecule has 8 heteroatoms. The number of hydrogen-bond acceptors (Lipinski definition) is 5. The second-order valence-corrected chi connectivity index (χ2v) is 12.3. The number of unbranched alkanes of at least 4 members (excludes halogenated alkanes) is 3. The molecule has 1 aliphatic rings. The fraction of sp³-hybridized carbons (Fsp3) is 0.526. The minimum Gasteiger partial charge on any atom is -0.493 e. The van der Waals surface area contributed by atoms with E-state index in [0.717, 1.165) is 28.9 Å². The third-order valence-electron chi connectivity index (χ3n) is 8.10. The van der Waals surface area contributed by atoms with Crippen molar-refractivity contribution in [1.29, 1.82) is 0 Å². The molecule has 0 radical (unpaired) electrons. The van der Waals surface area contributed by atoms with Crippen molar-refractivity contribution in [3.63, 3.8) is 0 Å². The number of fused-ring (bicyclic) bond motifs is 3. The van der Waals surface area contributed by atoms with Crippen LogP contribution >= 0.6 is 11.6 Å². The number of ether oxygens (including phenoxy) is 3. The number of para-hydroxylation sites is 1. The molecular formula is C38H55ClN2O5. The van der Waals surface area contributed by atoms with Gasteiger partial charge in [-0.05, 0) is 55.7 Å². The number of hydrogen-bond donors (Lipinski definition) is 0. The van der Waals surface area contributed by atoms with Crippen molar-refractivity contribution >= 4 is 23.3 Å². The van der Waals surface area contributed by atoms with Crippen LogP contribution in [0.15, 0.2) is 54.7 Å². The summed E-state index contributed by atoms with van der Waals surface area (Å²) in [6.07, 6.45) is 12.0. The van der Waals surface area contributed by atoms with Gasteiger partial charge in [-0.2, -0.15) is 0 Å². The molecule has 2 unspecified atom stereocenters. The molecule has 3 aromatic rings. The van der Waals surface area contributed by atoms with Gasteiger partial charge in [0.05, 0.1) is 26.5 Å². The van der Waals surface area contributed by atoms with E-state index < -0.39 is 0 Å². The van der Waals surface area contributed by atoms with Crippen LogP contribution in [0.2, 0.25) is 5.02 Å². The van der Waals surface area contributed by atoms with Crippen LogP contribution in [0.5, 0.6) is 11.5 Å². The molecule has 0 bridgehead atoms. The summed E-state index contributed by atoms with van der Waals surface area (Å²) in [5, 5.41) is 0.671. The number of aromatic nitrogens is 1. The Morgan fingerprint density at radius 2 is 1.70 bits per heavy atom. The Kier molecular flexibility index (Phi) is 17.5. The van der Waals surface area contributed by atoms with Crippen molar-refractivity contribution in [2.75, 3.05) is 28.3 Å². The molecule has 254 valence electrons. The molecule has 0 saturated carbocycles. The number of rotatable bonds is 13. The van der Waals surface area contributed by atoms with Gasteiger partial charge in [0.25, 0.3) is 0 Å². The van der Waals surface area contributed by atoms with Crippen molar-refractivity contribution in [1.82, 2.24) is 9.47 Å². The standard InChI is InChI=1S/C20H18ClNO3.C14H29NO.C4H8O/c1-23-18-7-3-6-15(20(18)24-2)19-16-11-13(21)8-9-17(16)22-10-4-5-14(22)12-25-19;1-5-7-8-9-11-13(10-6-2)12-14(16)15(3)4;1-3-4(2)5/h3-11,19H,12H2,1-2H3;13H,5-12H2,1-4H3;3H2,1-2H3. The number of carbonyl (C=O) groups is 2. The quantitative estimate of drug-likeness (QED) is 0.172. The number of benzene rings is 2. The average molecular weight is 655 g/mol. The Labute approximate surface area is 282 Å². The maximum Gasteiger partial charge on any atom is 0.222 e. The van der Waals surface area contributed by atoms with E-state index in [9.17, 15) is 9.59 Å². The van der Waals surface area contributed by atoms with Crippen molar-refractivity contribution in [3.8, 4) is 17.2 Å². The molecule has 46 heavy (non-hydrogen) atoms. The lowest BCUT2D eigenvalue weighted by molar-refractivity contribution is -0.129. The molecule has 0 N–H and O–H groups in total. The highest BCUT2D eigenvalue weighted by Gasteiger charge is 2.28. The molecule has 7 nitrogen and oxygen atoms in total. The largest absolute Gasteiger partial charge is 0.493 e. The zero-order valence-electron chi connectivity index (χ0n) is 29.2. The highest BCUT2D eigenvalue weighted by atomic mass is 35.5. The summed E-state index contributed by atoms with van der Waals surface area (Å²) < 4.78 is 19.5. The lowest BCUT2D eigenvalue weighted by Crippen LogP contribution is -2.24. The van der Waals surface area contributed by atoms with E-state index in [1.807, 2.05) is 69.7 Å². The summed E-state index contributed by atoms with van der Waals surface area (Å²) in [5.41, 5.74) is 4.05. The average Bonchev–Trinajstić information content (AvgIpc) is 3.46. The van der Waals surface area contributed by atoms with E-state index >= 15 is 0 Å². The van der Waals surface area contributed by atoms with Crippen molar-refractivity contribution < 1.29 is 23.8 Å². The smallest absolute Gasteiger partial charge is 0.222 e. The second kappa shape index (κ2) is 20.8. The number of methoxy groups -OCH3 is 2. The number of amides is 1. The van der Waals surface area contributed by atoms with E-state index in [-0.39, 0.29) is 17.8 Å². The first-order valence-electron chi connectivity index (χ1n) is 16.6. The number of nitrogens with zero attached hydrogens (tertiary/aromatic N) is 2. The van der Waals surface area contributed by atoms with Crippen LogP contribution in [-0.2, 0) is 20.9 Å². The summed E-state index contributed by atoms with van der Waals surface area (Å²) in [7, 11) is 6.97. The molecule has 0 spiro atoms. The first-order chi connectivity index (χ1) is 22.1. The first-order valence-corrected chi connectivity index (χ1v) is 17.0. The molecule has 1 amide bonds. The molecule has 2 heterocycles.